The molecule has 1 aromatic heterocycles. The molecule has 3 rings (SSSR count). The highest BCUT2D eigenvalue weighted by Crippen LogP contribution is 2.31. The number of rotatable bonds is 10. The minimum atomic E-state index is -0.423. The van der Waals surface area contributed by atoms with Crippen molar-refractivity contribution < 1.29 is 14.3 Å². The maximum absolute atomic E-state index is 13.2. The third kappa shape index (κ3) is 6.18. The Bertz CT molecular complexity index is 1060. The molecule has 0 saturated heterocycles. The summed E-state index contributed by atoms with van der Waals surface area (Å²) in [5.41, 5.74) is -0.311. The summed E-state index contributed by atoms with van der Waals surface area (Å²) >= 11 is 0. The summed E-state index contributed by atoms with van der Waals surface area (Å²) in [7, 11) is 0. The van der Waals surface area contributed by atoms with Crippen LogP contribution in [0.25, 0.3) is 10.9 Å². The number of ether oxygens (including phenoxy) is 2. The van der Waals surface area contributed by atoms with E-state index < -0.39 is 5.69 Å². The van der Waals surface area contributed by atoms with Gasteiger partial charge in [0.05, 0.1) is 24.1 Å². The number of amides is 1. The van der Waals surface area contributed by atoms with Crippen LogP contribution >= 0.6 is 0 Å². The van der Waals surface area contributed by atoms with E-state index in [1.807, 2.05) is 13.8 Å². The molecule has 8 heteroatoms. The molecule has 8 nitrogen and oxygen atoms in total. The maximum Gasteiger partial charge on any atom is 0.328 e. The van der Waals surface area contributed by atoms with Gasteiger partial charge in [0.1, 0.15) is 0 Å². The first-order chi connectivity index (χ1) is 15.8. The Hall–Kier alpha value is -2.77. The Morgan fingerprint density at radius 2 is 1.73 bits per heavy atom. The van der Waals surface area contributed by atoms with Gasteiger partial charge in [-0.05, 0) is 63.9 Å². The van der Waals surface area contributed by atoms with E-state index in [9.17, 15) is 14.4 Å². The average molecular weight is 460 g/mol. The molecule has 2 aromatic rings. The predicted octanol–water partition coefficient (Wildman–Crippen LogP) is 3.46. The molecular formula is C25H37N3O5. The van der Waals surface area contributed by atoms with Crippen LogP contribution < -0.4 is 26.0 Å². The highest BCUT2D eigenvalue weighted by molar-refractivity contribution is 5.81. The van der Waals surface area contributed by atoms with E-state index in [0.29, 0.717) is 54.6 Å². The highest BCUT2D eigenvalue weighted by Gasteiger charge is 2.27. The molecule has 1 fully saturated rings. The first kappa shape index (κ1) is 24.9. The van der Waals surface area contributed by atoms with E-state index in [1.165, 1.54) is 4.57 Å². The Morgan fingerprint density at radius 1 is 1.09 bits per heavy atom. The van der Waals surface area contributed by atoms with Gasteiger partial charge in [-0.15, -0.1) is 0 Å². The predicted molar refractivity (Wildman–Crippen MR) is 129 cm³/mol. The van der Waals surface area contributed by atoms with Crippen LogP contribution in [0.4, 0.5) is 0 Å². The molecule has 182 valence electrons. The van der Waals surface area contributed by atoms with Gasteiger partial charge in [0.25, 0.3) is 5.56 Å². The fourth-order valence-corrected chi connectivity index (χ4v) is 4.46. The van der Waals surface area contributed by atoms with E-state index >= 15 is 0 Å². The minimum absolute atomic E-state index is 0.0192. The average Bonchev–Trinajstić information content (AvgIpc) is 2.78. The molecule has 1 aliphatic carbocycles. The van der Waals surface area contributed by atoms with Crippen LogP contribution in [0.3, 0.4) is 0 Å². The first-order valence-corrected chi connectivity index (χ1v) is 12.2. The van der Waals surface area contributed by atoms with Gasteiger partial charge in [-0.25, -0.2) is 4.79 Å². The van der Waals surface area contributed by atoms with Gasteiger partial charge in [-0.1, -0.05) is 13.8 Å². The monoisotopic (exact) mass is 459 g/mol. The molecule has 1 saturated carbocycles. The normalized spacial score (nSPS) is 18.5. The van der Waals surface area contributed by atoms with Crippen LogP contribution in [0.1, 0.15) is 59.8 Å². The van der Waals surface area contributed by atoms with Crippen LogP contribution in [0.5, 0.6) is 11.5 Å². The van der Waals surface area contributed by atoms with Crippen LogP contribution in [0.2, 0.25) is 0 Å². The lowest BCUT2D eigenvalue weighted by Crippen LogP contribution is -2.39. The van der Waals surface area contributed by atoms with Crippen molar-refractivity contribution in [3.63, 3.8) is 0 Å². The van der Waals surface area contributed by atoms with Crippen molar-refractivity contribution in [3.05, 3.63) is 33.0 Å². The number of nitrogens with zero attached hydrogens (tertiary/aromatic N) is 1. The fraction of sp³-hybridized carbons (Fsp3) is 0.640. The fourth-order valence-electron chi connectivity index (χ4n) is 4.46. The third-order valence-electron chi connectivity index (χ3n) is 6.33. The van der Waals surface area contributed by atoms with Crippen LogP contribution in [-0.2, 0) is 11.3 Å². The number of benzene rings is 1. The van der Waals surface area contributed by atoms with E-state index in [4.69, 9.17) is 9.47 Å². The second-order valence-corrected chi connectivity index (χ2v) is 9.25. The summed E-state index contributed by atoms with van der Waals surface area (Å²) in [6.45, 7) is 9.97. The Labute approximate surface area is 194 Å². The zero-order valence-corrected chi connectivity index (χ0v) is 20.2. The van der Waals surface area contributed by atoms with Gasteiger partial charge in [0, 0.05) is 25.1 Å². The number of aromatic nitrogens is 2. The number of aromatic amines is 1. The highest BCUT2D eigenvalue weighted by atomic mass is 16.5. The lowest BCUT2D eigenvalue weighted by molar-refractivity contribution is -0.126. The summed E-state index contributed by atoms with van der Waals surface area (Å²) in [4.78, 5) is 41.1. The first-order valence-electron chi connectivity index (χ1n) is 12.2. The quantitative estimate of drug-likeness (QED) is 0.567. The smallest absolute Gasteiger partial charge is 0.328 e. The van der Waals surface area contributed by atoms with Crippen molar-refractivity contribution in [2.75, 3.05) is 19.8 Å². The summed E-state index contributed by atoms with van der Waals surface area (Å²) in [6.07, 6.45) is 4.18. The molecular weight excluding hydrogens is 422 g/mol. The summed E-state index contributed by atoms with van der Waals surface area (Å²) in [5, 5.41) is 3.45. The Morgan fingerprint density at radius 3 is 2.33 bits per heavy atom. The lowest BCUT2D eigenvalue weighted by Gasteiger charge is -2.28. The van der Waals surface area contributed by atoms with Gasteiger partial charge >= 0.3 is 5.69 Å². The number of carbonyl (C=O) groups is 1. The van der Waals surface area contributed by atoms with Crippen molar-refractivity contribution >= 4 is 16.8 Å². The molecule has 0 aliphatic heterocycles. The van der Waals surface area contributed by atoms with Crippen molar-refractivity contribution in [2.45, 2.75) is 66.3 Å². The van der Waals surface area contributed by atoms with Crippen molar-refractivity contribution in [1.82, 2.24) is 14.9 Å². The maximum atomic E-state index is 13.2. The summed E-state index contributed by atoms with van der Waals surface area (Å²) in [6, 6.07) is 3.30. The zero-order chi connectivity index (χ0) is 24.0. The van der Waals surface area contributed by atoms with Crippen molar-refractivity contribution in [1.29, 1.82) is 0 Å². The molecule has 1 aliphatic rings. The standard InChI is InChI=1S/C25H37N3O5/c1-5-32-21-13-19-20(14-22(21)33-6-2)27-25(31)28(24(19)30)15-17-7-9-18(10-8-17)23(29)26-12-11-16(3)4/h13-14,16-18H,5-12,15H2,1-4H3,(H,26,29)(H,27,31). The molecule has 1 heterocycles. The van der Waals surface area contributed by atoms with Gasteiger partial charge in [-0.3, -0.25) is 14.2 Å². The van der Waals surface area contributed by atoms with Crippen LogP contribution in [0.15, 0.2) is 21.7 Å². The largest absolute Gasteiger partial charge is 0.490 e. The SMILES string of the molecule is CCOc1cc2[nH]c(=O)n(CC3CCC(C(=O)NCCC(C)C)CC3)c(=O)c2cc1OCC. The number of fused-ring (bicyclic) bond motifs is 1. The Kier molecular flexibility index (Phi) is 8.58. The molecule has 0 bridgehead atoms. The van der Waals surface area contributed by atoms with Crippen LogP contribution in [-0.4, -0.2) is 35.2 Å². The van der Waals surface area contributed by atoms with Crippen molar-refractivity contribution in [2.24, 2.45) is 17.8 Å². The molecule has 1 aromatic carbocycles. The summed E-state index contributed by atoms with van der Waals surface area (Å²) < 4.78 is 12.5. The minimum Gasteiger partial charge on any atom is -0.490 e. The van der Waals surface area contributed by atoms with Gasteiger partial charge in [0.15, 0.2) is 11.5 Å². The molecule has 1 amide bonds. The number of hydrogen-bond acceptors (Lipinski definition) is 5. The van der Waals surface area contributed by atoms with Gasteiger partial charge < -0.3 is 19.8 Å². The molecule has 0 unspecified atom stereocenters. The van der Waals surface area contributed by atoms with E-state index in [2.05, 4.69) is 24.1 Å². The molecule has 0 atom stereocenters. The number of carbonyl (C=O) groups excluding carboxylic acids is 1. The number of nitrogens with one attached hydrogen (secondary N) is 2. The number of H-pyrrole nitrogens is 1. The second kappa shape index (κ2) is 11.4. The van der Waals surface area contributed by atoms with E-state index in [0.717, 1.165) is 32.1 Å². The summed E-state index contributed by atoms with van der Waals surface area (Å²) in [5.74, 6) is 1.90. The molecule has 0 spiro atoms. The number of hydrogen-bond donors (Lipinski definition) is 2. The zero-order valence-electron chi connectivity index (χ0n) is 20.2. The van der Waals surface area contributed by atoms with Gasteiger partial charge in [0.2, 0.25) is 5.91 Å². The van der Waals surface area contributed by atoms with Crippen LogP contribution in [0, 0.1) is 17.8 Å². The lowest BCUT2D eigenvalue weighted by atomic mass is 9.81. The third-order valence-corrected chi connectivity index (χ3v) is 6.33. The van der Waals surface area contributed by atoms with E-state index in [1.54, 1.807) is 12.1 Å². The molecule has 33 heavy (non-hydrogen) atoms. The second-order valence-electron chi connectivity index (χ2n) is 9.25. The van der Waals surface area contributed by atoms with Crippen molar-refractivity contribution in [3.8, 4) is 11.5 Å². The topological polar surface area (TPSA) is 102 Å². The molecule has 0 radical (unpaired) electrons. The molecule has 2 N–H and O–H groups in total. The van der Waals surface area contributed by atoms with E-state index in [-0.39, 0.29) is 23.3 Å². The Balaban J connectivity index is 1.72. The van der Waals surface area contributed by atoms with Gasteiger partial charge in [-0.2, -0.15) is 0 Å².